The van der Waals surface area contributed by atoms with E-state index < -0.39 is 5.41 Å². The molecule has 13 aromatic rings. The van der Waals surface area contributed by atoms with E-state index in [1.165, 1.54) is 143 Å². The summed E-state index contributed by atoms with van der Waals surface area (Å²) in [5.74, 6) is 0. The number of rotatable bonds is 3. The molecule has 2 aliphatic rings. The van der Waals surface area contributed by atoms with Gasteiger partial charge in [0.15, 0.2) is 0 Å². The highest BCUT2D eigenvalue weighted by molar-refractivity contribution is 6.26. The molecule has 0 heterocycles. The smallest absolute Gasteiger partial charge is 0.0619 e. The van der Waals surface area contributed by atoms with Crippen LogP contribution < -0.4 is 0 Å². The first-order valence-electron chi connectivity index (χ1n) is 23.5. The van der Waals surface area contributed by atoms with Gasteiger partial charge in [-0.15, -0.1) is 0 Å². The Kier molecular flexibility index (Phi) is 7.52. The highest BCUT2D eigenvalue weighted by atomic mass is 14.5. The minimum Gasteiger partial charge on any atom is -0.0619 e. The summed E-state index contributed by atoms with van der Waals surface area (Å²) in [6.07, 6.45) is 0. The van der Waals surface area contributed by atoms with E-state index in [1.807, 2.05) is 0 Å². The van der Waals surface area contributed by atoms with Crippen molar-refractivity contribution in [1.82, 2.24) is 0 Å². The summed E-state index contributed by atoms with van der Waals surface area (Å²) < 4.78 is 0. The lowest BCUT2D eigenvalue weighted by Gasteiger charge is -2.31. The molecule has 0 heteroatoms. The van der Waals surface area contributed by atoms with Crippen molar-refractivity contribution in [2.75, 3.05) is 0 Å². The van der Waals surface area contributed by atoms with Crippen LogP contribution in [-0.2, 0) is 5.41 Å². The first kappa shape index (κ1) is 36.7. The molecule has 13 aromatic carbocycles. The molecule has 0 saturated carbocycles. The summed E-state index contributed by atoms with van der Waals surface area (Å²) in [6.45, 7) is 0. The van der Waals surface area contributed by atoms with E-state index in [9.17, 15) is 0 Å². The van der Waals surface area contributed by atoms with Crippen LogP contribution in [0.4, 0.5) is 0 Å². The normalized spacial score (nSPS) is 13.2. The summed E-state index contributed by atoms with van der Waals surface area (Å²) in [4.78, 5) is 0. The molecule has 0 radical (unpaired) electrons. The first-order chi connectivity index (χ1) is 33.3. The lowest BCUT2D eigenvalue weighted by atomic mass is 9.69. The molecule has 0 fully saturated rings. The quantitative estimate of drug-likeness (QED) is 0.123. The maximum atomic E-state index is 2.42. The Morgan fingerprint density at radius 3 is 1.39 bits per heavy atom. The Morgan fingerprint density at radius 2 is 0.701 bits per heavy atom. The van der Waals surface area contributed by atoms with Gasteiger partial charge < -0.3 is 0 Å². The molecule has 0 aromatic heterocycles. The van der Waals surface area contributed by atoms with E-state index in [1.54, 1.807) is 0 Å². The van der Waals surface area contributed by atoms with Crippen molar-refractivity contribution in [2.45, 2.75) is 5.41 Å². The molecule has 0 N–H and O–H groups in total. The van der Waals surface area contributed by atoms with E-state index in [0.29, 0.717) is 0 Å². The van der Waals surface area contributed by atoms with E-state index >= 15 is 0 Å². The lowest BCUT2D eigenvalue weighted by Crippen LogP contribution is -2.26. The minimum absolute atomic E-state index is 0.424. The molecular formula is C67H40. The maximum Gasteiger partial charge on any atom is 0.0731 e. The second-order valence-corrected chi connectivity index (χ2v) is 18.6. The summed E-state index contributed by atoms with van der Waals surface area (Å²) in [7, 11) is 0. The average Bonchev–Trinajstić information content (AvgIpc) is 3.88. The molecule has 0 aliphatic heterocycles. The zero-order valence-corrected chi connectivity index (χ0v) is 36.6. The fourth-order valence-electron chi connectivity index (χ4n) is 12.7. The van der Waals surface area contributed by atoms with Crippen LogP contribution in [0.25, 0.3) is 120 Å². The fraction of sp³-hybridized carbons (Fsp3) is 0.0149. The Bertz CT molecular complexity index is 4160. The summed E-state index contributed by atoms with van der Waals surface area (Å²) in [5.41, 5.74) is 17.9. The summed E-state index contributed by atoms with van der Waals surface area (Å²) >= 11 is 0. The zero-order chi connectivity index (χ0) is 43.8. The molecule has 67 heavy (non-hydrogen) atoms. The molecule has 0 unspecified atom stereocenters. The predicted octanol–water partition coefficient (Wildman–Crippen LogP) is 18.0. The van der Waals surface area contributed by atoms with Gasteiger partial charge in [0.1, 0.15) is 0 Å². The number of hydrogen-bond acceptors (Lipinski definition) is 0. The molecule has 0 bridgehead atoms. The molecule has 0 atom stereocenters. The molecule has 1 spiro atoms. The van der Waals surface area contributed by atoms with Crippen molar-refractivity contribution in [1.29, 1.82) is 0 Å². The van der Waals surface area contributed by atoms with Crippen molar-refractivity contribution in [3.63, 3.8) is 0 Å². The van der Waals surface area contributed by atoms with Gasteiger partial charge in [0, 0.05) is 0 Å². The zero-order valence-electron chi connectivity index (χ0n) is 36.6. The predicted molar refractivity (Wildman–Crippen MR) is 284 cm³/mol. The van der Waals surface area contributed by atoms with Gasteiger partial charge >= 0.3 is 0 Å². The second-order valence-electron chi connectivity index (χ2n) is 18.6. The van der Waals surface area contributed by atoms with E-state index in [0.717, 1.165) is 0 Å². The average molecular weight is 845 g/mol. The van der Waals surface area contributed by atoms with Crippen molar-refractivity contribution in [3.8, 4) is 55.6 Å². The van der Waals surface area contributed by atoms with Gasteiger partial charge in [-0.1, -0.05) is 231 Å². The lowest BCUT2D eigenvalue weighted by molar-refractivity contribution is 0.802. The van der Waals surface area contributed by atoms with Gasteiger partial charge in [-0.2, -0.15) is 0 Å². The van der Waals surface area contributed by atoms with E-state index in [2.05, 4.69) is 243 Å². The van der Waals surface area contributed by atoms with Gasteiger partial charge in [0.25, 0.3) is 0 Å². The molecule has 0 saturated heterocycles. The fourth-order valence-corrected chi connectivity index (χ4v) is 12.7. The Morgan fingerprint density at radius 1 is 0.209 bits per heavy atom. The number of fused-ring (bicyclic) bond motifs is 19. The van der Waals surface area contributed by atoms with Crippen LogP contribution in [0.2, 0.25) is 0 Å². The second kappa shape index (κ2) is 13.7. The minimum atomic E-state index is -0.424. The Balaban J connectivity index is 0.901. The standard InChI is InChI=1S/C67H40/c1-4-18-48-42(15-1)35-38-62-65(48)58-37-34-46-39-44(33-36-49(46)66(58)67(62)60-27-13-11-21-52(60)53-22-12-14-28-61(53)67)41-29-31-43(32-30-41)63-54-23-7-9-25-56(54)64(57-26-10-8-24-55(57)63)59-40-45-16-2-3-17-47(45)50-19-5-6-20-51(50)59/h1-40H. The third kappa shape index (κ3) is 4.92. The van der Waals surface area contributed by atoms with Crippen molar-refractivity contribution in [3.05, 3.63) is 265 Å². The van der Waals surface area contributed by atoms with Gasteiger partial charge in [-0.05, 0) is 155 Å². The van der Waals surface area contributed by atoms with E-state index in [4.69, 9.17) is 0 Å². The van der Waals surface area contributed by atoms with Crippen LogP contribution in [0, 0.1) is 0 Å². The molecule has 0 nitrogen and oxygen atoms in total. The van der Waals surface area contributed by atoms with Crippen LogP contribution in [0.5, 0.6) is 0 Å². The van der Waals surface area contributed by atoms with Crippen LogP contribution >= 0.6 is 0 Å². The maximum absolute atomic E-state index is 2.42. The third-order valence-electron chi connectivity index (χ3n) is 15.4. The van der Waals surface area contributed by atoms with Gasteiger partial charge in [0.05, 0.1) is 5.41 Å². The highest BCUT2D eigenvalue weighted by Crippen LogP contribution is 2.65. The van der Waals surface area contributed by atoms with Crippen LogP contribution in [-0.4, -0.2) is 0 Å². The Hall–Kier alpha value is -8.58. The van der Waals surface area contributed by atoms with Gasteiger partial charge in [0.2, 0.25) is 0 Å². The Labute approximate surface area is 388 Å². The number of hydrogen-bond donors (Lipinski definition) is 0. The van der Waals surface area contributed by atoms with Crippen LogP contribution in [0.1, 0.15) is 22.3 Å². The van der Waals surface area contributed by atoms with Crippen LogP contribution in [0.15, 0.2) is 243 Å². The van der Waals surface area contributed by atoms with Crippen molar-refractivity contribution >= 4 is 64.6 Å². The first-order valence-corrected chi connectivity index (χ1v) is 23.5. The van der Waals surface area contributed by atoms with Crippen molar-refractivity contribution in [2.24, 2.45) is 0 Å². The molecule has 0 amide bonds. The van der Waals surface area contributed by atoms with E-state index in [-0.39, 0.29) is 0 Å². The van der Waals surface area contributed by atoms with Gasteiger partial charge in [-0.3, -0.25) is 0 Å². The topological polar surface area (TPSA) is 0 Å². The van der Waals surface area contributed by atoms with Crippen LogP contribution in [0.3, 0.4) is 0 Å². The largest absolute Gasteiger partial charge is 0.0731 e. The molecule has 308 valence electrons. The van der Waals surface area contributed by atoms with Gasteiger partial charge in [-0.25, -0.2) is 0 Å². The number of benzene rings is 13. The van der Waals surface area contributed by atoms with Crippen molar-refractivity contribution < 1.29 is 0 Å². The third-order valence-corrected chi connectivity index (χ3v) is 15.4. The molecule has 2 aliphatic carbocycles. The molecule has 15 rings (SSSR count). The highest BCUT2D eigenvalue weighted by Gasteiger charge is 2.52. The summed E-state index contributed by atoms with van der Waals surface area (Å²) in [5, 5.41) is 15.3. The summed E-state index contributed by atoms with van der Waals surface area (Å²) in [6, 6.07) is 91.3. The molecular weight excluding hydrogens is 805 g/mol. The SMILES string of the molecule is c1ccc2c(c1)-c1ccccc1C21c2ccc3ccccc3c2-c2ccc3cc(-c4ccc(-c5c6ccccc6c(-c6cc7ccccc7c7ccccc67)c6ccccc56)cc4)ccc3c21. The monoisotopic (exact) mass is 844 g/mol.